The smallest absolute Gasteiger partial charge is 0.232 e. The molecule has 0 spiro atoms. The second-order valence-corrected chi connectivity index (χ2v) is 5.25. The fourth-order valence-corrected chi connectivity index (χ4v) is 1.23. The molecule has 1 rings (SSSR count). The van der Waals surface area contributed by atoms with E-state index in [4.69, 9.17) is 10.3 Å². The van der Waals surface area contributed by atoms with Crippen LogP contribution in [0.5, 0.6) is 0 Å². The van der Waals surface area contributed by atoms with E-state index in [2.05, 4.69) is 27.4 Å². The molecule has 0 aromatic carbocycles. The Hall–Kier alpha value is -1.59. The van der Waals surface area contributed by atoms with E-state index in [0.29, 0.717) is 24.2 Å². The van der Waals surface area contributed by atoms with Gasteiger partial charge < -0.3 is 15.6 Å². The van der Waals surface area contributed by atoms with E-state index in [9.17, 15) is 0 Å². The Kier molecular flexibility index (Phi) is 5.12. The van der Waals surface area contributed by atoms with Gasteiger partial charge in [-0.25, -0.2) is 4.99 Å². The number of unbranched alkanes of at least 4 members (excludes halogenated alkanes) is 1. The number of hydrogen-bond donors (Lipinski definition) is 2. The van der Waals surface area contributed by atoms with E-state index < -0.39 is 0 Å². The summed E-state index contributed by atoms with van der Waals surface area (Å²) in [6.45, 7) is 9.37. The van der Waals surface area contributed by atoms with Crippen LogP contribution in [0, 0.1) is 0 Å². The predicted molar refractivity (Wildman–Crippen MR) is 71.2 cm³/mol. The van der Waals surface area contributed by atoms with Crippen LogP contribution in [-0.4, -0.2) is 22.6 Å². The predicted octanol–water partition coefficient (Wildman–Crippen LogP) is 1.57. The van der Waals surface area contributed by atoms with Gasteiger partial charge in [-0.2, -0.15) is 4.98 Å². The third kappa shape index (κ3) is 4.73. The van der Waals surface area contributed by atoms with Crippen molar-refractivity contribution in [1.29, 1.82) is 0 Å². The maximum absolute atomic E-state index is 5.71. The SMILES string of the molecule is CCCCNC(N)=NCc1noc(C(C)(C)C)n1. The Morgan fingerprint density at radius 2 is 2.17 bits per heavy atom. The molecule has 0 saturated heterocycles. The molecule has 6 nitrogen and oxygen atoms in total. The lowest BCUT2D eigenvalue weighted by Gasteiger charge is -2.10. The summed E-state index contributed by atoms with van der Waals surface area (Å²) in [4.78, 5) is 8.44. The molecule has 3 N–H and O–H groups in total. The highest BCUT2D eigenvalue weighted by Crippen LogP contribution is 2.19. The van der Waals surface area contributed by atoms with Gasteiger partial charge in [-0.3, -0.25) is 0 Å². The van der Waals surface area contributed by atoms with Crippen molar-refractivity contribution in [1.82, 2.24) is 15.5 Å². The fraction of sp³-hybridized carbons (Fsp3) is 0.750. The molecule has 0 atom stereocenters. The number of rotatable bonds is 5. The molecule has 18 heavy (non-hydrogen) atoms. The number of nitrogens with zero attached hydrogens (tertiary/aromatic N) is 3. The van der Waals surface area contributed by atoms with Crippen LogP contribution in [0.2, 0.25) is 0 Å². The molecule has 0 saturated carbocycles. The van der Waals surface area contributed by atoms with Crippen molar-refractivity contribution in [3.05, 3.63) is 11.7 Å². The summed E-state index contributed by atoms with van der Waals surface area (Å²) in [6, 6.07) is 0. The van der Waals surface area contributed by atoms with Gasteiger partial charge in [0.1, 0.15) is 6.54 Å². The van der Waals surface area contributed by atoms with Crippen LogP contribution in [0.3, 0.4) is 0 Å². The average Bonchev–Trinajstić information content (AvgIpc) is 2.75. The van der Waals surface area contributed by atoms with Crippen LogP contribution in [0.15, 0.2) is 9.52 Å². The second-order valence-electron chi connectivity index (χ2n) is 5.25. The van der Waals surface area contributed by atoms with Crippen molar-refractivity contribution in [3.8, 4) is 0 Å². The maximum Gasteiger partial charge on any atom is 0.232 e. The molecule has 0 bridgehead atoms. The number of aliphatic imine (C=N–C) groups is 1. The third-order valence-electron chi connectivity index (χ3n) is 2.34. The number of hydrogen-bond acceptors (Lipinski definition) is 4. The largest absolute Gasteiger partial charge is 0.370 e. The van der Waals surface area contributed by atoms with Crippen LogP contribution in [0.4, 0.5) is 0 Å². The zero-order valence-corrected chi connectivity index (χ0v) is 11.7. The van der Waals surface area contributed by atoms with E-state index >= 15 is 0 Å². The van der Waals surface area contributed by atoms with Gasteiger partial charge in [-0.05, 0) is 6.42 Å². The van der Waals surface area contributed by atoms with Crippen LogP contribution >= 0.6 is 0 Å². The Bertz CT molecular complexity index is 391. The minimum absolute atomic E-state index is 0.139. The summed E-state index contributed by atoms with van der Waals surface area (Å²) in [5.41, 5.74) is 5.57. The molecule has 0 amide bonds. The van der Waals surface area contributed by atoms with Crippen LogP contribution in [0.1, 0.15) is 52.3 Å². The summed E-state index contributed by atoms with van der Waals surface area (Å²) in [7, 11) is 0. The number of nitrogens with two attached hydrogens (primary N) is 1. The Balaban J connectivity index is 2.48. The van der Waals surface area contributed by atoms with Gasteiger partial charge in [0.25, 0.3) is 0 Å². The minimum Gasteiger partial charge on any atom is -0.370 e. The number of guanidine groups is 1. The summed E-state index contributed by atoms with van der Waals surface area (Å²) in [6.07, 6.45) is 2.20. The van der Waals surface area contributed by atoms with Crippen LogP contribution in [0.25, 0.3) is 0 Å². The first kappa shape index (κ1) is 14.5. The normalized spacial score (nSPS) is 12.8. The highest BCUT2D eigenvalue weighted by molar-refractivity contribution is 5.77. The highest BCUT2D eigenvalue weighted by atomic mass is 16.5. The molecule has 0 aliphatic heterocycles. The molecule has 0 radical (unpaired) electrons. The second kappa shape index (κ2) is 6.37. The molecule has 0 unspecified atom stereocenters. The lowest BCUT2D eigenvalue weighted by Crippen LogP contribution is -2.32. The Morgan fingerprint density at radius 3 is 2.72 bits per heavy atom. The third-order valence-corrected chi connectivity index (χ3v) is 2.34. The van der Waals surface area contributed by atoms with Crippen LogP contribution < -0.4 is 11.1 Å². The lowest BCUT2D eigenvalue weighted by molar-refractivity contribution is 0.318. The topological polar surface area (TPSA) is 89.3 Å². The molecule has 0 aliphatic carbocycles. The molecule has 1 aromatic heterocycles. The van der Waals surface area contributed by atoms with Gasteiger partial charge >= 0.3 is 0 Å². The first-order valence-corrected chi connectivity index (χ1v) is 6.30. The van der Waals surface area contributed by atoms with E-state index in [-0.39, 0.29) is 5.41 Å². The van der Waals surface area contributed by atoms with Gasteiger partial charge in [-0.1, -0.05) is 39.3 Å². The maximum atomic E-state index is 5.71. The van der Waals surface area contributed by atoms with Crippen molar-refractivity contribution < 1.29 is 4.52 Å². The van der Waals surface area contributed by atoms with Crippen LogP contribution in [-0.2, 0) is 12.0 Å². The van der Waals surface area contributed by atoms with Crippen molar-refractivity contribution >= 4 is 5.96 Å². The first-order valence-electron chi connectivity index (χ1n) is 6.30. The number of nitrogens with one attached hydrogen (secondary N) is 1. The molecule has 1 heterocycles. The van der Waals surface area contributed by atoms with E-state index in [1.54, 1.807) is 0 Å². The summed E-state index contributed by atoms with van der Waals surface area (Å²) < 4.78 is 5.17. The molecule has 1 aromatic rings. The van der Waals surface area contributed by atoms with Crippen molar-refractivity contribution in [3.63, 3.8) is 0 Å². The van der Waals surface area contributed by atoms with Gasteiger partial charge in [0.15, 0.2) is 11.8 Å². The molecular formula is C12H23N5O. The van der Waals surface area contributed by atoms with Gasteiger partial charge in [0, 0.05) is 12.0 Å². The molecule has 6 heteroatoms. The van der Waals surface area contributed by atoms with Crippen molar-refractivity contribution in [2.75, 3.05) is 6.54 Å². The van der Waals surface area contributed by atoms with E-state index in [1.807, 2.05) is 20.8 Å². The zero-order chi connectivity index (χ0) is 13.6. The van der Waals surface area contributed by atoms with Gasteiger partial charge in [0.05, 0.1) is 0 Å². The average molecular weight is 253 g/mol. The van der Waals surface area contributed by atoms with Gasteiger partial charge in [0.2, 0.25) is 5.89 Å². The van der Waals surface area contributed by atoms with Crippen molar-refractivity contribution in [2.45, 2.75) is 52.5 Å². The quantitative estimate of drug-likeness (QED) is 0.472. The monoisotopic (exact) mass is 253 g/mol. The summed E-state index contributed by atoms with van der Waals surface area (Å²) in [5.74, 6) is 1.59. The molecular weight excluding hydrogens is 230 g/mol. The summed E-state index contributed by atoms with van der Waals surface area (Å²) in [5, 5.41) is 6.91. The fourth-order valence-electron chi connectivity index (χ4n) is 1.23. The standard InChI is InChI=1S/C12H23N5O/c1-5-6-7-14-11(13)15-8-9-16-10(18-17-9)12(2,3)4/h5-8H2,1-4H3,(H3,13,14,15). The van der Waals surface area contributed by atoms with E-state index in [0.717, 1.165) is 19.4 Å². The molecule has 102 valence electrons. The Morgan fingerprint density at radius 1 is 1.44 bits per heavy atom. The molecule has 0 fully saturated rings. The van der Waals surface area contributed by atoms with Crippen molar-refractivity contribution in [2.24, 2.45) is 10.7 Å². The zero-order valence-electron chi connectivity index (χ0n) is 11.7. The van der Waals surface area contributed by atoms with E-state index in [1.165, 1.54) is 0 Å². The summed E-state index contributed by atoms with van der Waals surface area (Å²) >= 11 is 0. The molecule has 0 aliphatic rings. The minimum atomic E-state index is -0.139. The Labute approximate surface area is 108 Å². The lowest BCUT2D eigenvalue weighted by atomic mass is 9.97. The first-order chi connectivity index (χ1) is 8.43. The highest BCUT2D eigenvalue weighted by Gasteiger charge is 2.21. The number of aromatic nitrogens is 2. The van der Waals surface area contributed by atoms with Gasteiger partial charge in [-0.15, -0.1) is 0 Å².